The summed E-state index contributed by atoms with van der Waals surface area (Å²) >= 11 is 0. The van der Waals surface area contributed by atoms with Crippen LogP contribution >= 0.6 is 0 Å². The van der Waals surface area contributed by atoms with E-state index in [0.717, 1.165) is 31.7 Å². The zero-order valence-electron chi connectivity index (χ0n) is 11.7. The minimum Gasteiger partial charge on any atom is -0.394 e. The minimum absolute atomic E-state index is 0.143. The van der Waals surface area contributed by atoms with Crippen molar-refractivity contribution >= 4 is 0 Å². The largest absolute Gasteiger partial charge is 0.394 e. The van der Waals surface area contributed by atoms with Gasteiger partial charge in [0.15, 0.2) is 0 Å². The first-order valence-electron chi connectivity index (χ1n) is 7.15. The highest BCUT2D eigenvalue weighted by Crippen LogP contribution is 2.25. The Hall–Kier alpha value is -1.31. The number of aromatic nitrogens is 2. The Labute approximate surface area is 115 Å². The lowest BCUT2D eigenvalue weighted by Crippen LogP contribution is -2.34. The summed E-state index contributed by atoms with van der Waals surface area (Å²) in [6.45, 7) is 5.88. The van der Waals surface area contributed by atoms with Crippen molar-refractivity contribution in [3.63, 3.8) is 0 Å². The van der Waals surface area contributed by atoms with Crippen LogP contribution in [0.1, 0.15) is 37.8 Å². The number of hydrogen-bond acceptors (Lipinski definition) is 3. The maximum absolute atomic E-state index is 8.92. The second-order valence-corrected chi connectivity index (χ2v) is 5.01. The summed E-state index contributed by atoms with van der Waals surface area (Å²) in [6, 6.07) is 2.08. The van der Waals surface area contributed by atoms with Gasteiger partial charge in [0, 0.05) is 25.1 Å². The molecule has 1 fully saturated rings. The van der Waals surface area contributed by atoms with Crippen molar-refractivity contribution < 1.29 is 5.11 Å². The molecule has 0 aromatic carbocycles. The molecule has 1 aliphatic rings. The normalized spacial score (nSPS) is 20.0. The number of rotatable bonds is 4. The molecule has 0 spiro atoms. The van der Waals surface area contributed by atoms with Gasteiger partial charge >= 0.3 is 0 Å². The van der Waals surface area contributed by atoms with Crippen LogP contribution in [0.25, 0.3) is 0 Å². The molecule has 4 nitrogen and oxygen atoms in total. The van der Waals surface area contributed by atoms with Crippen molar-refractivity contribution in [1.82, 2.24) is 14.7 Å². The predicted octanol–water partition coefficient (Wildman–Crippen LogP) is 1.47. The monoisotopic (exact) mass is 261 g/mol. The number of nitrogens with zero attached hydrogens (tertiary/aromatic N) is 3. The van der Waals surface area contributed by atoms with Gasteiger partial charge in [0.05, 0.1) is 25.4 Å². The van der Waals surface area contributed by atoms with Gasteiger partial charge in [-0.05, 0) is 25.5 Å². The molecule has 1 aliphatic heterocycles. The Kier molecular flexibility index (Phi) is 5.44. The maximum atomic E-state index is 8.92. The van der Waals surface area contributed by atoms with Gasteiger partial charge in [-0.15, -0.1) is 5.92 Å². The fourth-order valence-corrected chi connectivity index (χ4v) is 2.56. The highest BCUT2D eigenvalue weighted by Gasteiger charge is 2.22. The van der Waals surface area contributed by atoms with E-state index in [0.29, 0.717) is 12.5 Å². The first-order chi connectivity index (χ1) is 9.33. The first kappa shape index (κ1) is 14.1. The molecule has 19 heavy (non-hydrogen) atoms. The summed E-state index contributed by atoms with van der Waals surface area (Å²) in [5.41, 5.74) is 1.15. The molecule has 0 aliphatic carbocycles. The molecule has 0 amide bonds. The molecule has 0 bridgehead atoms. The minimum atomic E-state index is 0.143. The first-order valence-corrected chi connectivity index (χ1v) is 7.15. The molecule has 2 rings (SSSR count). The summed E-state index contributed by atoms with van der Waals surface area (Å²) in [7, 11) is 0. The SMILES string of the molecule is CCC#CCN1CCC[C@H](c2ccn(CCO)n2)C1. The lowest BCUT2D eigenvalue weighted by molar-refractivity contribution is 0.227. The van der Waals surface area contributed by atoms with Crippen molar-refractivity contribution in [3.8, 4) is 11.8 Å². The average molecular weight is 261 g/mol. The predicted molar refractivity (Wildman–Crippen MR) is 75.8 cm³/mol. The second kappa shape index (κ2) is 7.32. The van der Waals surface area contributed by atoms with Gasteiger partial charge in [0.2, 0.25) is 0 Å². The van der Waals surface area contributed by atoms with E-state index in [2.05, 4.69) is 34.8 Å². The summed E-state index contributed by atoms with van der Waals surface area (Å²) < 4.78 is 1.82. The van der Waals surface area contributed by atoms with Crippen LogP contribution in [0.2, 0.25) is 0 Å². The summed E-state index contributed by atoms with van der Waals surface area (Å²) in [5.74, 6) is 6.86. The molecule has 4 heteroatoms. The van der Waals surface area contributed by atoms with Crippen LogP contribution in [0.4, 0.5) is 0 Å². The molecule has 1 aromatic rings. The third-order valence-electron chi connectivity index (χ3n) is 3.52. The van der Waals surface area contributed by atoms with Crippen LogP contribution in [0.15, 0.2) is 12.3 Å². The fraction of sp³-hybridized carbons (Fsp3) is 0.667. The molecule has 1 N–H and O–H groups in total. The summed E-state index contributed by atoms with van der Waals surface area (Å²) in [5, 5.41) is 13.5. The van der Waals surface area contributed by atoms with E-state index in [4.69, 9.17) is 5.11 Å². The van der Waals surface area contributed by atoms with Gasteiger partial charge in [0.25, 0.3) is 0 Å². The molecule has 2 heterocycles. The van der Waals surface area contributed by atoms with Gasteiger partial charge in [-0.1, -0.05) is 12.8 Å². The molecule has 1 saturated heterocycles. The van der Waals surface area contributed by atoms with Crippen molar-refractivity contribution in [3.05, 3.63) is 18.0 Å². The highest BCUT2D eigenvalue weighted by molar-refractivity contribution is 5.09. The standard InChI is InChI=1S/C15H23N3O/c1-2-3-4-8-17-9-5-6-14(13-17)15-7-10-18(16-15)11-12-19/h7,10,14,19H,2,5-6,8-9,11-13H2,1H3/t14-/m0/s1. The topological polar surface area (TPSA) is 41.3 Å². The average Bonchev–Trinajstić information content (AvgIpc) is 2.89. The lowest BCUT2D eigenvalue weighted by Gasteiger charge is -2.30. The molecule has 104 valence electrons. The van der Waals surface area contributed by atoms with E-state index >= 15 is 0 Å². The van der Waals surface area contributed by atoms with Crippen LogP contribution in [0.3, 0.4) is 0 Å². The Balaban J connectivity index is 1.92. The van der Waals surface area contributed by atoms with E-state index < -0.39 is 0 Å². The maximum Gasteiger partial charge on any atom is 0.0668 e. The van der Waals surface area contributed by atoms with Crippen LogP contribution in [0, 0.1) is 11.8 Å². The van der Waals surface area contributed by atoms with Crippen molar-refractivity contribution in [2.24, 2.45) is 0 Å². The fourth-order valence-electron chi connectivity index (χ4n) is 2.56. The Morgan fingerprint density at radius 3 is 3.16 bits per heavy atom. The number of piperidine rings is 1. The Morgan fingerprint density at radius 1 is 1.47 bits per heavy atom. The van der Waals surface area contributed by atoms with Gasteiger partial charge in [-0.2, -0.15) is 5.10 Å². The Morgan fingerprint density at radius 2 is 2.37 bits per heavy atom. The number of likely N-dealkylation sites (tertiary alicyclic amines) is 1. The van der Waals surface area contributed by atoms with Gasteiger partial charge in [-0.3, -0.25) is 9.58 Å². The molecule has 1 aromatic heterocycles. The number of aliphatic hydroxyl groups is 1. The van der Waals surface area contributed by atoms with Crippen LogP contribution in [-0.4, -0.2) is 46.0 Å². The highest BCUT2D eigenvalue weighted by atomic mass is 16.3. The number of hydrogen-bond donors (Lipinski definition) is 1. The van der Waals surface area contributed by atoms with E-state index in [1.807, 2.05) is 10.9 Å². The quantitative estimate of drug-likeness (QED) is 0.835. The van der Waals surface area contributed by atoms with Gasteiger partial charge < -0.3 is 5.11 Å². The van der Waals surface area contributed by atoms with Crippen LogP contribution in [0.5, 0.6) is 0 Å². The van der Waals surface area contributed by atoms with Gasteiger partial charge in [-0.25, -0.2) is 0 Å². The number of aliphatic hydroxyl groups excluding tert-OH is 1. The van der Waals surface area contributed by atoms with E-state index in [1.165, 1.54) is 12.8 Å². The molecule has 0 saturated carbocycles. The van der Waals surface area contributed by atoms with Crippen molar-refractivity contribution in [2.75, 3.05) is 26.2 Å². The van der Waals surface area contributed by atoms with Crippen LogP contribution < -0.4 is 0 Å². The molecule has 0 radical (unpaired) electrons. The smallest absolute Gasteiger partial charge is 0.0668 e. The lowest BCUT2D eigenvalue weighted by atomic mass is 9.95. The van der Waals surface area contributed by atoms with Crippen molar-refractivity contribution in [2.45, 2.75) is 38.6 Å². The second-order valence-electron chi connectivity index (χ2n) is 5.01. The van der Waals surface area contributed by atoms with Crippen molar-refractivity contribution in [1.29, 1.82) is 0 Å². The van der Waals surface area contributed by atoms with Crippen LogP contribution in [-0.2, 0) is 6.54 Å². The van der Waals surface area contributed by atoms with E-state index in [9.17, 15) is 0 Å². The summed E-state index contributed by atoms with van der Waals surface area (Å²) in [4.78, 5) is 2.42. The summed E-state index contributed by atoms with van der Waals surface area (Å²) in [6.07, 6.45) is 5.31. The van der Waals surface area contributed by atoms with E-state index in [-0.39, 0.29) is 6.61 Å². The molecule has 0 unspecified atom stereocenters. The molecule has 1 atom stereocenters. The molecular weight excluding hydrogens is 238 g/mol. The zero-order valence-corrected chi connectivity index (χ0v) is 11.7. The van der Waals surface area contributed by atoms with E-state index in [1.54, 1.807) is 0 Å². The third kappa shape index (κ3) is 4.09. The van der Waals surface area contributed by atoms with Gasteiger partial charge in [0.1, 0.15) is 0 Å². The third-order valence-corrected chi connectivity index (χ3v) is 3.52. The molecular formula is C15H23N3O. The zero-order chi connectivity index (χ0) is 13.5. The Bertz CT molecular complexity index is 444.